The van der Waals surface area contributed by atoms with E-state index in [0.29, 0.717) is 13.0 Å². The van der Waals surface area contributed by atoms with Crippen molar-refractivity contribution in [3.05, 3.63) is 0 Å². The van der Waals surface area contributed by atoms with Crippen LogP contribution in [0.5, 0.6) is 0 Å². The molecule has 7 heteroatoms. The zero-order valence-corrected chi connectivity index (χ0v) is 8.80. The van der Waals surface area contributed by atoms with Gasteiger partial charge in [0.15, 0.2) is 0 Å². The highest BCUT2D eigenvalue weighted by molar-refractivity contribution is 5.82. The van der Waals surface area contributed by atoms with Gasteiger partial charge in [-0.15, -0.1) is 0 Å². The van der Waals surface area contributed by atoms with E-state index in [-0.39, 0.29) is 19.6 Å². The van der Waals surface area contributed by atoms with Crippen LogP contribution in [0.15, 0.2) is 0 Å². The molecule has 92 valence electrons. The van der Waals surface area contributed by atoms with Crippen molar-refractivity contribution in [3.63, 3.8) is 0 Å². The molecule has 1 saturated heterocycles. The monoisotopic (exact) mass is 232 g/mol. The third-order valence-corrected chi connectivity index (χ3v) is 2.46. The first kappa shape index (κ1) is 12.7. The number of nitrogens with one attached hydrogen (secondary N) is 1. The molecule has 0 radical (unpaired) electrons. The van der Waals surface area contributed by atoms with Crippen molar-refractivity contribution in [1.29, 1.82) is 0 Å². The molecule has 1 aliphatic heterocycles. The Hall–Kier alpha value is -1.34. The maximum Gasteiger partial charge on any atom is 0.326 e. The lowest BCUT2D eigenvalue weighted by atomic mass is 10.2. The fourth-order valence-corrected chi connectivity index (χ4v) is 1.55. The first-order valence-corrected chi connectivity index (χ1v) is 5.11. The number of aliphatic hydroxyl groups is 2. The summed E-state index contributed by atoms with van der Waals surface area (Å²) in [6.07, 6.45) is -0.0605. The summed E-state index contributed by atoms with van der Waals surface area (Å²) in [5.74, 6) is -1.18. The normalized spacial score (nSPS) is 21.9. The Bertz CT molecular complexity index is 271. The summed E-state index contributed by atoms with van der Waals surface area (Å²) < 4.78 is 0. The van der Waals surface area contributed by atoms with E-state index in [4.69, 9.17) is 10.2 Å². The second-order valence-corrected chi connectivity index (χ2v) is 3.74. The van der Waals surface area contributed by atoms with Crippen molar-refractivity contribution in [1.82, 2.24) is 10.2 Å². The second kappa shape index (κ2) is 5.66. The molecule has 0 aromatic rings. The van der Waals surface area contributed by atoms with Crippen LogP contribution in [-0.2, 0) is 4.79 Å². The lowest BCUT2D eigenvalue weighted by molar-refractivity contribution is -0.139. The van der Waals surface area contributed by atoms with Gasteiger partial charge in [-0.2, -0.15) is 0 Å². The van der Waals surface area contributed by atoms with E-state index in [1.165, 1.54) is 4.90 Å². The number of β-amino-alcohol motifs (C(OH)–C–C–N with tert-alkyl or cyclic N) is 1. The minimum atomic E-state index is -1.18. The van der Waals surface area contributed by atoms with Gasteiger partial charge in [-0.05, 0) is 6.42 Å². The molecular weight excluding hydrogens is 216 g/mol. The third-order valence-electron chi connectivity index (χ3n) is 2.46. The molecule has 7 nitrogen and oxygen atoms in total. The number of likely N-dealkylation sites (tertiary alicyclic amines) is 1. The van der Waals surface area contributed by atoms with Crippen LogP contribution in [0.2, 0.25) is 0 Å². The van der Waals surface area contributed by atoms with E-state index in [1.54, 1.807) is 0 Å². The number of aliphatic carboxylic acids is 1. The van der Waals surface area contributed by atoms with Crippen molar-refractivity contribution < 1.29 is 24.9 Å². The third kappa shape index (κ3) is 3.35. The first-order chi connectivity index (χ1) is 7.54. The number of hydrogen-bond donors (Lipinski definition) is 4. The Kier molecular flexibility index (Phi) is 4.51. The number of carbonyl (C=O) groups excluding carboxylic acids is 1. The number of amides is 2. The average molecular weight is 232 g/mol. The van der Waals surface area contributed by atoms with E-state index in [1.807, 2.05) is 0 Å². The Morgan fingerprint density at radius 1 is 1.50 bits per heavy atom. The molecule has 0 aromatic heterocycles. The van der Waals surface area contributed by atoms with E-state index < -0.39 is 24.1 Å². The summed E-state index contributed by atoms with van der Waals surface area (Å²) in [4.78, 5) is 23.6. The predicted octanol–water partition coefficient (Wildman–Crippen LogP) is -1.40. The Labute approximate surface area is 92.7 Å². The molecule has 4 N–H and O–H groups in total. The van der Waals surface area contributed by atoms with Gasteiger partial charge in [-0.1, -0.05) is 0 Å². The molecule has 0 aromatic carbocycles. The van der Waals surface area contributed by atoms with Gasteiger partial charge in [0.1, 0.15) is 6.04 Å². The van der Waals surface area contributed by atoms with E-state index in [0.717, 1.165) is 0 Å². The second-order valence-electron chi connectivity index (χ2n) is 3.74. The summed E-state index contributed by atoms with van der Waals surface area (Å²) in [5.41, 5.74) is 0. The zero-order chi connectivity index (χ0) is 12.1. The summed E-state index contributed by atoms with van der Waals surface area (Å²) >= 11 is 0. The highest BCUT2D eigenvalue weighted by Gasteiger charge is 2.27. The topological polar surface area (TPSA) is 110 Å². The number of carboxylic acid groups (broad SMARTS) is 1. The zero-order valence-electron chi connectivity index (χ0n) is 8.80. The smallest absolute Gasteiger partial charge is 0.326 e. The fourth-order valence-electron chi connectivity index (χ4n) is 1.55. The van der Waals surface area contributed by atoms with Crippen molar-refractivity contribution in [2.75, 3.05) is 19.7 Å². The predicted molar refractivity (Wildman–Crippen MR) is 53.9 cm³/mol. The molecule has 0 bridgehead atoms. The molecule has 1 heterocycles. The Morgan fingerprint density at radius 2 is 2.19 bits per heavy atom. The molecule has 1 fully saturated rings. The molecule has 1 aliphatic rings. The molecule has 0 aliphatic carbocycles. The van der Waals surface area contributed by atoms with Gasteiger partial charge in [0.25, 0.3) is 0 Å². The van der Waals surface area contributed by atoms with Gasteiger partial charge in [0.2, 0.25) is 0 Å². The lowest BCUT2D eigenvalue weighted by Gasteiger charge is -2.20. The summed E-state index contributed by atoms with van der Waals surface area (Å²) in [6, 6.07) is -1.60. The summed E-state index contributed by atoms with van der Waals surface area (Å²) in [5, 5.41) is 28.9. The average Bonchev–Trinajstić information content (AvgIpc) is 2.64. The minimum absolute atomic E-state index is 0.0303. The van der Waals surface area contributed by atoms with Crippen LogP contribution in [0.1, 0.15) is 12.8 Å². The Morgan fingerprint density at radius 3 is 2.62 bits per heavy atom. The van der Waals surface area contributed by atoms with Gasteiger partial charge in [0.05, 0.1) is 6.10 Å². The number of carboxylic acids is 1. The molecule has 1 rings (SSSR count). The Balaban J connectivity index is 2.45. The van der Waals surface area contributed by atoms with Crippen LogP contribution >= 0.6 is 0 Å². The number of rotatable bonds is 4. The van der Waals surface area contributed by atoms with Gasteiger partial charge >= 0.3 is 12.0 Å². The van der Waals surface area contributed by atoms with E-state index in [9.17, 15) is 14.7 Å². The molecule has 2 amide bonds. The van der Waals surface area contributed by atoms with Crippen molar-refractivity contribution in [3.8, 4) is 0 Å². The van der Waals surface area contributed by atoms with Crippen LogP contribution < -0.4 is 5.32 Å². The molecular formula is C9H16N2O5. The highest BCUT2D eigenvalue weighted by atomic mass is 16.4. The SMILES string of the molecule is O=C(O)[C@@H](CCO)NC(=O)N1CCC(O)C1. The van der Waals surface area contributed by atoms with E-state index >= 15 is 0 Å². The largest absolute Gasteiger partial charge is 0.480 e. The maximum atomic E-state index is 11.5. The van der Waals surface area contributed by atoms with Crippen LogP contribution in [0.4, 0.5) is 4.79 Å². The highest BCUT2D eigenvalue weighted by Crippen LogP contribution is 2.08. The number of nitrogens with zero attached hydrogens (tertiary/aromatic N) is 1. The van der Waals surface area contributed by atoms with Gasteiger partial charge < -0.3 is 25.5 Å². The minimum Gasteiger partial charge on any atom is -0.480 e. The van der Waals surface area contributed by atoms with Crippen LogP contribution in [0.3, 0.4) is 0 Å². The van der Waals surface area contributed by atoms with Crippen molar-refractivity contribution in [2.45, 2.75) is 25.0 Å². The van der Waals surface area contributed by atoms with Crippen LogP contribution in [0.25, 0.3) is 0 Å². The molecule has 0 saturated carbocycles. The van der Waals surface area contributed by atoms with Gasteiger partial charge in [-0.25, -0.2) is 9.59 Å². The summed E-state index contributed by atoms with van der Waals surface area (Å²) in [7, 11) is 0. The van der Waals surface area contributed by atoms with Crippen LogP contribution in [-0.4, -0.2) is 64.1 Å². The summed E-state index contributed by atoms with van der Waals surface area (Å²) in [6.45, 7) is 0.329. The molecule has 1 unspecified atom stereocenters. The maximum absolute atomic E-state index is 11.5. The number of hydrogen-bond acceptors (Lipinski definition) is 4. The van der Waals surface area contributed by atoms with E-state index in [2.05, 4.69) is 5.32 Å². The molecule has 0 spiro atoms. The molecule has 2 atom stereocenters. The number of carbonyl (C=O) groups is 2. The van der Waals surface area contributed by atoms with Crippen molar-refractivity contribution >= 4 is 12.0 Å². The number of aliphatic hydroxyl groups excluding tert-OH is 2. The van der Waals surface area contributed by atoms with Gasteiger partial charge in [0, 0.05) is 26.1 Å². The lowest BCUT2D eigenvalue weighted by Crippen LogP contribution is -2.47. The quantitative estimate of drug-likeness (QED) is 0.476. The molecule has 16 heavy (non-hydrogen) atoms. The van der Waals surface area contributed by atoms with Crippen LogP contribution in [0, 0.1) is 0 Å². The van der Waals surface area contributed by atoms with Crippen molar-refractivity contribution in [2.24, 2.45) is 0 Å². The first-order valence-electron chi connectivity index (χ1n) is 5.11. The standard InChI is InChI=1S/C9H16N2O5/c12-4-2-7(8(14)15)10-9(16)11-3-1-6(13)5-11/h6-7,12-13H,1-5H2,(H,10,16)(H,14,15)/t6?,7-/m1/s1. The fraction of sp³-hybridized carbons (Fsp3) is 0.778. The van der Waals surface area contributed by atoms with Gasteiger partial charge in [-0.3, -0.25) is 0 Å². The number of urea groups is 1.